The molecule has 0 saturated carbocycles. The van der Waals surface area contributed by atoms with Crippen LogP contribution in [0.3, 0.4) is 0 Å². The fourth-order valence-electron chi connectivity index (χ4n) is 2.39. The molecule has 7 heteroatoms. The minimum absolute atomic E-state index is 0.0658. The predicted octanol–water partition coefficient (Wildman–Crippen LogP) is 2.31. The molecule has 0 aliphatic carbocycles. The molecule has 6 nitrogen and oxygen atoms in total. The smallest absolute Gasteiger partial charge is 0.161 e. The minimum Gasteiger partial charge on any atom is -0.504 e. The number of hydrogen-bond acceptors (Lipinski definition) is 6. The van der Waals surface area contributed by atoms with E-state index in [9.17, 15) is 10.2 Å². The lowest BCUT2D eigenvalue weighted by molar-refractivity contribution is 0.197. The first kappa shape index (κ1) is 19.3. The van der Waals surface area contributed by atoms with Gasteiger partial charge in [-0.1, -0.05) is 21.5 Å². The molecule has 0 aromatic heterocycles. The quantitative estimate of drug-likeness (QED) is 0.592. The van der Waals surface area contributed by atoms with Crippen LogP contribution in [0.15, 0.2) is 36.4 Å². The first-order valence-electron chi connectivity index (χ1n) is 7.94. The number of aromatic hydroxyl groups is 2. The molecule has 0 saturated heterocycles. The fourth-order valence-corrected chi connectivity index (χ4v) is 2.73. The van der Waals surface area contributed by atoms with Gasteiger partial charge in [-0.2, -0.15) is 0 Å². The van der Waals surface area contributed by atoms with E-state index in [4.69, 9.17) is 14.6 Å². The molecule has 0 spiro atoms. The summed E-state index contributed by atoms with van der Waals surface area (Å²) in [6.45, 7) is 1.51. The number of rotatable bonds is 9. The van der Waals surface area contributed by atoms with Crippen molar-refractivity contribution in [3.63, 3.8) is 0 Å². The van der Waals surface area contributed by atoms with Crippen molar-refractivity contribution in [1.82, 2.24) is 4.67 Å². The Morgan fingerprint density at radius 2 is 1.64 bits per heavy atom. The Morgan fingerprint density at radius 1 is 1.00 bits per heavy atom. The average molecular weight is 365 g/mol. The molecular weight excluding hydrogens is 341 g/mol. The summed E-state index contributed by atoms with van der Waals surface area (Å²) in [7, 11) is 4.21. The number of ether oxygens (including phenoxy) is 2. The summed E-state index contributed by atoms with van der Waals surface area (Å²) in [4.78, 5) is 0. The van der Waals surface area contributed by atoms with Crippen molar-refractivity contribution in [2.75, 3.05) is 26.9 Å². The van der Waals surface area contributed by atoms with Crippen LogP contribution in [0.25, 0.3) is 0 Å². The van der Waals surface area contributed by atoms with Crippen molar-refractivity contribution in [2.45, 2.75) is 13.0 Å². The Bertz CT molecular complexity index is 695. The summed E-state index contributed by atoms with van der Waals surface area (Å²) in [6.07, 6.45) is 0.772. The van der Waals surface area contributed by atoms with E-state index in [2.05, 4.69) is 14.1 Å². The number of nitrogens with zero attached hydrogens (tertiary/aromatic N) is 1. The zero-order chi connectivity index (χ0) is 18.2. The third-order valence-electron chi connectivity index (χ3n) is 3.69. The van der Waals surface area contributed by atoms with Gasteiger partial charge in [0.2, 0.25) is 0 Å². The number of benzene rings is 2. The summed E-state index contributed by atoms with van der Waals surface area (Å²) in [5, 5.41) is 28.2. The first-order chi connectivity index (χ1) is 12.0. The zero-order valence-electron chi connectivity index (χ0n) is 14.2. The van der Waals surface area contributed by atoms with Crippen LogP contribution in [0.2, 0.25) is 0 Å². The van der Waals surface area contributed by atoms with Crippen LogP contribution < -0.4 is 9.47 Å². The normalized spacial score (nSPS) is 10.9. The van der Waals surface area contributed by atoms with Crippen LogP contribution in [0.4, 0.5) is 0 Å². The highest BCUT2D eigenvalue weighted by Gasteiger charge is 2.08. The maximum atomic E-state index is 9.75. The highest BCUT2D eigenvalue weighted by Crippen LogP contribution is 2.28. The highest BCUT2D eigenvalue weighted by atomic mass is 31.0. The lowest BCUT2D eigenvalue weighted by Crippen LogP contribution is -2.14. The van der Waals surface area contributed by atoms with Gasteiger partial charge in [-0.3, -0.25) is 4.67 Å². The lowest BCUT2D eigenvalue weighted by atomic mass is 10.1. The van der Waals surface area contributed by atoms with E-state index in [-0.39, 0.29) is 24.7 Å². The first-order valence-corrected chi connectivity index (χ1v) is 8.46. The fraction of sp³-hybridized carbons (Fsp3) is 0.333. The number of phenolic OH excluding ortho intramolecular Hbond substituents is 2. The molecule has 0 aliphatic heterocycles. The van der Waals surface area contributed by atoms with Gasteiger partial charge in [-0.15, -0.1) is 0 Å². The van der Waals surface area contributed by atoms with Gasteiger partial charge in [0.15, 0.2) is 23.0 Å². The SMILES string of the molecule is COc1cc(CN(P)CCc2ccc(O)c(OCCO)c2)ccc1O. The second-order valence-corrected chi connectivity index (χ2v) is 6.33. The summed E-state index contributed by atoms with van der Waals surface area (Å²) in [5.41, 5.74) is 2.06. The van der Waals surface area contributed by atoms with Gasteiger partial charge in [0.25, 0.3) is 0 Å². The number of aliphatic hydroxyl groups excluding tert-OH is 1. The monoisotopic (exact) mass is 365 g/mol. The molecule has 0 radical (unpaired) electrons. The number of methoxy groups -OCH3 is 1. The molecule has 25 heavy (non-hydrogen) atoms. The van der Waals surface area contributed by atoms with E-state index >= 15 is 0 Å². The average Bonchev–Trinajstić information content (AvgIpc) is 2.61. The molecule has 1 unspecified atom stereocenters. The number of aliphatic hydroxyl groups is 1. The summed E-state index contributed by atoms with van der Waals surface area (Å²) >= 11 is 0. The van der Waals surface area contributed by atoms with Crippen LogP contribution >= 0.6 is 9.39 Å². The molecule has 3 N–H and O–H groups in total. The third kappa shape index (κ3) is 5.78. The topological polar surface area (TPSA) is 82.4 Å². The molecule has 1 atom stereocenters. The molecule has 136 valence electrons. The Kier molecular flexibility index (Phi) is 7.31. The van der Waals surface area contributed by atoms with Crippen LogP contribution in [0, 0.1) is 0 Å². The predicted molar refractivity (Wildman–Crippen MR) is 99.2 cm³/mol. The van der Waals surface area contributed by atoms with Gasteiger partial charge in [0, 0.05) is 13.1 Å². The zero-order valence-corrected chi connectivity index (χ0v) is 15.3. The molecule has 0 bridgehead atoms. The van der Waals surface area contributed by atoms with E-state index < -0.39 is 0 Å². The van der Waals surface area contributed by atoms with Crippen molar-refractivity contribution in [2.24, 2.45) is 0 Å². The van der Waals surface area contributed by atoms with Crippen LogP contribution in [0.1, 0.15) is 11.1 Å². The minimum atomic E-state index is -0.0981. The Morgan fingerprint density at radius 3 is 2.32 bits per heavy atom. The van der Waals surface area contributed by atoms with Crippen LogP contribution in [-0.2, 0) is 13.0 Å². The molecule has 0 aliphatic rings. The van der Waals surface area contributed by atoms with Gasteiger partial charge in [-0.05, 0) is 41.8 Å². The molecule has 0 heterocycles. The third-order valence-corrected chi connectivity index (χ3v) is 4.13. The molecule has 2 rings (SSSR count). The van der Waals surface area contributed by atoms with Gasteiger partial charge in [-0.25, -0.2) is 0 Å². The van der Waals surface area contributed by atoms with Gasteiger partial charge in [0.1, 0.15) is 6.61 Å². The van der Waals surface area contributed by atoms with Crippen molar-refractivity contribution >= 4 is 9.39 Å². The van der Waals surface area contributed by atoms with Gasteiger partial charge >= 0.3 is 0 Å². The maximum absolute atomic E-state index is 9.75. The van der Waals surface area contributed by atoms with Gasteiger partial charge in [0.05, 0.1) is 13.7 Å². The van der Waals surface area contributed by atoms with Gasteiger partial charge < -0.3 is 24.8 Å². The molecule has 2 aromatic carbocycles. The number of hydrogen-bond donors (Lipinski definition) is 3. The molecule has 0 amide bonds. The van der Waals surface area contributed by atoms with E-state index in [1.165, 1.54) is 7.11 Å². The molecular formula is C18H24NO5P. The van der Waals surface area contributed by atoms with Crippen molar-refractivity contribution in [3.8, 4) is 23.0 Å². The van der Waals surface area contributed by atoms with Crippen LogP contribution in [0.5, 0.6) is 23.0 Å². The van der Waals surface area contributed by atoms with Crippen molar-refractivity contribution < 1.29 is 24.8 Å². The summed E-state index contributed by atoms with van der Waals surface area (Å²) in [6, 6.07) is 10.5. The standard InChI is InChI=1S/C18H24NO5P/c1-23-17-11-14(3-5-15(17)21)12-19(25)7-6-13-2-4-16(22)18(10-13)24-9-8-20/h2-5,10-11,20-22H,6-9,12,25H2,1H3. The maximum Gasteiger partial charge on any atom is 0.161 e. The lowest BCUT2D eigenvalue weighted by Gasteiger charge is -2.17. The number of phenols is 2. The molecule has 2 aromatic rings. The van der Waals surface area contributed by atoms with E-state index in [0.717, 1.165) is 24.1 Å². The second kappa shape index (κ2) is 9.47. The Labute approximate surface area is 149 Å². The van der Waals surface area contributed by atoms with Crippen LogP contribution in [-0.4, -0.2) is 46.9 Å². The second-order valence-electron chi connectivity index (χ2n) is 5.60. The Hall–Kier alpha value is -2.01. The molecule has 0 fully saturated rings. The van der Waals surface area contributed by atoms with E-state index in [0.29, 0.717) is 18.0 Å². The van der Waals surface area contributed by atoms with Crippen molar-refractivity contribution in [1.29, 1.82) is 0 Å². The summed E-state index contributed by atoms with van der Waals surface area (Å²) in [5.74, 6) is 1.03. The largest absolute Gasteiger partial charge is 0.504 e. The Balaban J connectivity index is 1.92. The van der Waals surface area contributed by atoms with E-state index in [1.54, 1.807) is 18.2 Å². The van der Waals surface area contributed by atoms with E-state index in [1.807, 2.05) is 18.2 Å². The highest BCUT2D eigenvalue weighted by molar-refractivity contribution is 7.13. The van der Waals surface area contributed by atoms with Crippen molar-refractivity contribution in [3.05, 3.63) is 47.5 Å². The summed E-state index contributed by atoms with van der Waals surface area (Å²) < 4.78 is 12.5.